The Kier molecular flexibility index (Phi) is 4.32. The monoisotopic (exact) mass is 324 g/mol. The van der Waals surface area contributed by atoms with Crippen LogP contribution in [0.25, 0.3) is 21.9 Å². The predicted molar refractivity (Wildman–Crippen MR) is 105 cm³/mol. The Labute approximate surface area is 148 Å². The van der Waals surface area contributed by atoms with Crippen LogP contribution < -0.4 is 0 Å². The summed E-state index contributed by atoms with van der Waals surface area (Å²) in [5.74, 6) is 0. The average Bonchev–Trinajstić information content (AvgIpc) is 2.70. The van der Waals surface area contributed by atoms with Gasteiger partial charge in [-0.3, -0.25) is 0 Å². The van der Waals surface area contributed by atoms with Crippen LogP contribution in [0.15, 0.2) is 97.1 Å². The van der Waals surface area contributed by atoms with Crippen molar-refractivity contribution in [1.29, 1.82) is 0 Å². The lowest BCUT2D eigenvalue weighted by Crippen LogP contribution is -2.03. The number of ether oxygens (including phenoxy) is 1. The predicted octanol–water partition coefficient (Wildman–Crippen LogP) is 6.24. The van der Waals surface area contributed by atoms with Crippen molar-refractivity contribution in [3.8, 4) is 11.1 Å². The van der Waals surface area contributed by atoms with E-state index in [1.807, 2.05) is 6.07 Å². The number of hydrogen-bond acceptors (Lipinski definition) is 1. The molecule has 25 heavy (non-hydrogen) atoms. The largest absolute Gasteiger partial charge is 0.372 e. The molecule has 0 heterocycles. The molecule has 0 amide bonds. The second-order valence-electron chi connectivity index (χ2n) is 6.21. The van der Waals surface area contributed by atoms with Gasteiger partial charge >= 0.3 is 0 Å². The van der Waals surface area contributed by atoms with Crippen molar-refractivity contribution >= 4 is 10.8 Å². The van der Waals surface area contributed by atoms with Crippen LogP contribution in [0.4, 0.5) is 0 Å². The highest BCUT2D eigenvalue weighted by molar-refractivity contribution is 5.83. The molecule has 1 atom stereocenters. The maximum absolute atomic E-state index is 5.82. The SMILES string of the molecule is COC(c1ccc(-c2ccccc2)cc1)c1ccc2ccccc2c1. The first-order valence-corrected chi connectivity index (χ1v) is 8.52. The lowest BCUT2D eigenvalue weighted by molar-refractivity contribution is 0.136. The first-order valence-electron chi connectivity index (χ1n) is 8.52. The number of rotatable bonds is 4. The Morgan fingerprint density at radius 3 is 1.88 bits per heavy atom. The van der Waals surface area contributed by atoms with Gasteiger partial charge in [-0.1, -0.05) is 91.0 Å². The summed E-state index contributed by atoms with van der Waals surface area (Å²) < 4.78 is 5.82. The highest BCUT2D eigenvalue weighted by Gasteiger charge is 2.14. The lowest BCUT2D eigenvalue weighted by Gasteiger charge is -2.17. The van der Waals surface area contributed by atoms with Gasteiger partial charge in [0, 0.05) is 7.11 Å². The Bertz CT molecular complexity index is 972. The fraction of sp³-hybridized carbons (Fsp3) is 0.0833. The standard InChI is InChI=1S/C24H20O/c1-25-24(23-16-13-19-9-5-6-10-22(19)17-23)21-14-11-20(12-15-21)18-7-3-2-4-8-18/h2-17,24H,1H3. The van der Waals surface area contributed by atoms with E-state index in [9.17, 15) is 0 Å². The first-order chi connectivity index (χ1) is 12.3. The summed E-state index contributed by atoms with van der Waals surface area (Å²) >= 11 is 0. The van der Waals surface area contributed by atoms with Gasteiger partial charge in [-0.2, -0.15) is 0 Å². The zero-order valence-corrected chi connectivity index (χ0v) is 14.2. The molecule has 1 heteroatoms. The van der Waals surface area contributed by atoms with E-state index in [2.05, 4.69) is 91.0 Å². The van der Waals surface area contributed by atoms with Gasteiger partial charge in [0.1, 0.15) is 6.10 Å². The smallest absolute Gasteiger partial charge is 0.107 e. The molecular weight excluding hydrogens is 304 g/mol. The number of fused-ring (bicyclic) bond motifs is 1. The molecule has 0 radical (unpaired) electrons. The fourth-order valence-electron chi connectivity index (χ4n) is 3.32. The van der Waals surface area contributed by atoms with E-state index in [0.29, 0.717) is 0 Å². The molecule has 0 N–H and O–H groups in total. The zero-order valence-electron chi connectivity index (χ0n) is 14.2. The normalized spacial score (nSPS) is 12.2. The summed E-state index contributed by atoms with van der Waals surface area (Å²) in [6.45, 7) is 0. The summed E-state index contributed by atoms with van der Waals surface area (Å²) in [7, 11) is 1.77. The van der Waals surface area contributed by atoms with Gasteiger partial charge in [0.05, 0.1) is 0 Å². The van der Waals surface area contributed by atoms with E-state index < -0.39 is 0 Å². The van der Waals surface area contributed by atoms with E-state index in [0.717, 1.165) is 5.56 Å². The quantitative estimate of drug-likeness (QED) is 0.431. The fourth-order valence-corrected chi connectivity index (χ4v) is 3.32. The summed E-state index contributed by atoms with van der Waals surface area (Å²) in [4.78, 5) is 0. The Hall–Kier alpha value is -2.90. The Morgan fingerprint density at radius 2 is 1.16 bits per heavy atom. The first kappa shape index (κ1) is 15.6. The van der Waals surface area contributed by atoms with Crippen molar-refractivity contribution in [1.82, 2.24) is 0 Å². The lowest BCUT2D eigenvalue weighted by atomic mass is 9.96. The maximum Gasteiger partial charge on any atom is 0.107 e. The van der Waals surface area contributed by atoms with Crippen LogP contribution in [0.2, 0.25) is 0 Å². The van der Waals surface area contributed by atoms with Crippen LogP contribution in [0, 0.1) is 0 Å². The molecule has 0 spiro atoms. The number of benzene rings is 4. The third-order valence-corrected chi connectivity index (χ3v) is 4.63. The van der Waals surface area contributed by atoms with E-state index in [4.69, 9.17) is 4.74 Å². The van der Waals surface area contributed by atoms with Crippen molar-refractivity contribution < 1.29 is 4.74 Å². The summed E-state index contributed by atoms with van der Waals surface area (Å²) in [5, 5.41) is 2.49. The van der Waals surface area contributed by atoms with Crippen LogP contribution in [0.1, 0.15) is 17.2 Å². The molecule has 0 saturated carbocycles. The molecule has 0 aliphatic carbocycles. The van der Waals surface area contributed by atoms with Crippen molar-refractivity contribution in [2.75, 3.05) is 7.11 Å². The van der Waals surface area contributed by atoms with Crippen molar-refractivity contribution in [3.63, 3.8) is 0 Å². The molecule has 4 rings (SSSR count). The third kappa shape index (κ3) is 3.19. The van der Waals surface area contributed by atoms with Crippen LogP contribution in [-0.2, 0) is 4.74 Å². The van der Waals surface area contributed by atoms with E-state index in [1.165, 1.54) is 27.5 Å². The molecule has 0 aromatic heterocycles. The molecular formula is C24H20O. The van der Waals surface area contributed by atoms with Crippen LogP contribution >= 0.6 is 0 Å². The third-order valence-electron chi connectivity index (χ3n) is 4.63. The van der Waals surface area contributed by atoms with Gasteiger partial charge in [-0.15, -0.1) is 0 Å². The molecule has 0 aliphatic rings. The van der Waals surface area contributed by atoms with Gasteiger partial charge in [-0.25, -0.2) is 0 Å². The maximum atomic E-state index is 5.82. The zero-order chi connectivity index (χ0) is 17.1. The van der Waals surface area contributed by atoms with Gasteiger partial charge in [-0.05, 0) is 39.1 Å². The topological polar surface area (TPSA) is 9.23 Å². The average molecular weight is 324 g/mol. The van der Waals surface area contributed by atoms with E-state index in [1.54, 1.807) is 7.11 Å². The molecule has 0 bridgehead atoms. The Morgan fingerprint density at radius 1 is 0.560 bits per heavy atom. The van der Waals surface area contributed by atoms with Gasteiger partial charge < -0.3 is 4.74 Å². The highest BCUT2D eigenvalue weighted by Crippen LogP contribution is 2.30. The van der Waals surface area contributed by atoms with Crippen LogP contribution in [0.3, 0.4) is 0 Å². The second kappa shape index (κ2) is 6.92. The molecule has 1 unspecified atom stereocenters. The van der Waals surface area contributed by atoms with E-state index >= 15 is 0 Å². The molecule has 0 fully saturated rings. The van der Waals surface area contributed by atoms with E-state index in [-0.39, 0.29) is 6.10 Å². The minimum atomic E-state index is -0.0607. The van der Waals surface area contributed by atoms with Gasteiger partial charge in [0.15, 0.2) is 0 Å². The molecule has 0 aliphatic heterocycles. The van der Waals surface area contributed by atoms with Crippen LogP contribution in [0.5, 0.6) is 0 Å². The summed E-state index contributed by atoms with van der Waals surface area (Å²) in [5.41, 5.74) is 4.79. The number of hydrogen-bond donors (Lipinski definition) is 0. The minimum Gasteiger partial charge on any atom is -0.372 e. The van der Waals surface area contributed by atoms with Gasteiger partial charge in [0.2, 0.25) is 0 Å². The van der Waals surface area contributed by atoms with Crippen molar-refractivity contribution in [2.24, 2.45) is 0 Å². The molecule has 4 aromatic rings. The summed E-state index contributed by atoms with van der Waals surface area (Å²) in [6.07, 6.45) is -0.0607. The second-order valence-corrected chi connectivity index (χ2v) is 6.21. The summed E-state index contributed by atoms with van der Waals surface area (Å²) in [6, 6.07) is 34.0. The number of methoxy groups -OCH3 is 1. The van der Waals surface area contributed by atoms with Crippen LogP contribution in [-0.4, -0.2) is 7.11 Å². The molecule has 0 saturated heterocycles. The molecule has 122 valence electrons. The van der Waals surface area contributed by atoms with Crippen molar-refractivity contribution in [3.05, 3.63) is 108 Å². The van der Waals surface area contributed by atoms with Gasteiger partial charge in [0.25, 0.3) is 0 Å². The minimum absolute atomic E-state index is 0.0607. The van der Waals surface area contributed by atoms with Crippen molar-refractivity contribution in [2.45, 2.75) is 6.10 Å². The molecule has 1 nitrogen and oxygen atoms in total. The Balaban J connectivity index is 1.68. The molecule has 4 aromatic carbocycles. The highest BCUT2D eigenvalue weighted by atomic mass is 16.5.